The Hall–Kier alpha value is -4.67. The molecule has 1 aromatic heterocycles. The minimum atomic E-state index is -4.62. The van der Waals surface area contributed by atoms with Crippen molar-refractivity contribution in [2.24, 2.45) is 18.8 Å². The van der Waals surface area contributed by atoms with Gasteiger partial charge in [0.25, 0.3) is 0 Å². The summed E-state index contributed by atoms with van der Waals surface area (Å²) in [5.41, 5.74) is 4.27. The van der Waals surface area contributed by atoms with Crippen molar-refractivity contribution in [3.63, 3.8) is 0 Å². The number of carbonyl (C=O) groups excluding carboxylic acids is 1. The number of carbonyl (C=O) groups is 1. The zero-order chi connectivity index (χ0) is 44.6. The molecule has 4 N–H and O–H groups in total. The number of hydrogen-bond acceptors (Lipinski definition) is 7. The third kappa shape index (κ3) is 14.7. The zero-order valence-corrected chi connectivity index (χ0v) is 35.0. The lowest BCUT2D eigenvalue weighted by Gasteiger charge is -2.31. The predicted octanol–water partition coefficient (Wildman–Crippen LogP) is 9.77. The normalized spacial score (nSPS) is 15.5. The quantitative estimate of drug-likeness (QED) is 0.0588. The number of rotatable bonds is 9. The molecule has 7 rings (SSSR count). The summed E-state index contributed by atoms with van der Waals surface area (Å²) < 4.78 is 92.4. The van der Waals surface area contributed by atoms with Crippen molar-refractivity contribution >= 4 is 16.7 Å². The highest BCUT2D eigenvalue weighted by Gasteiger charge is 2.34. The summed E-state index contributed by atoms with van der Waals surface area (Å²) in [5, 5.41) is 13.5. The van der Waals surface area contributed by atoms with Crippen LogP contribution in [0.15, 0.2) is 97.1 Å². The molecule has 332 valence electrons. The van der Waals surface area contributed by atoms with Gasteiger partial charge in [0.1, 0.15) is 5.82 Å². The van der Waals surface area contributed by atoms with Crippen molar-refractivity contribution in [3.05, 3.63) is 136 Å². The highest BCUT2D eigenvalue weighted by atomic mass is 19.4. The average molecular weight is 859 g/mol. The van der Waals surface area contributed by atoms with Crippen molar-refractivity contribution in [1.29, 1.82) is 0 Å². The Morgan fingerprint density at radius 3 is 1.69 bits per heavy atom. The maximum Gasteiger partial charge on any atom is 0.416 e. The van der Waals surface area contributed by atoms with Gasteiger partial charge in [-0.3, -0.25) is 30.5 Å². The summed E-state index contributed by atoms with van der Waals surface area (Å²) >= 11 is 0. The number of nitrogens with two attached hydrogens (primary N) is 1. The number of aryl methyl sites for hydroxylation is 1. The van der Waals surface area contributed by atoms with E-state index in [4.69, 9.17) is 5.11 Å². The van der Waals surface area contributed by atoms with Gasteiger partial charge in [-0.25, -0.2) is 4.39 Å². The number of likely N-dealkylation sites (tertiary alicyclic amines) is 2. The smallest absolute Gasteiger partial charge is 0.396 e. The maximum absolute atomic E-state index is 14.0. The van der Waals surface area contributed by atoms with Crippen molar-refractivity contribution in [3.8, 4) is 0 Å². The lowest BCUT2D eigenvalue weighted by atomic mass is 9.88. The number of halogens is 7. The number of nitrogens with zero attached hydrogens (tertiary/aromatic N) is 4. The molecule has 2 saturated heterocycles. The molecule has 15 heteroatoms. The molecule has 3 heterocycles. The summed E-state index contributed by atoms with van der Waals surface area (Å²) in [4.78, 5) is 17.2. The van der Waals surface area contributed by atoms with Crippen LogP contribution in [-0.2, 0) is 32.5 Å². The SMILES string of the molecule is CCCCO.CNN.Cn1nc(C2CCN(Cc3ccccc3)CC2)c2ccc(C(F)(F)F)cc21.O=C(c1ccc(C(F)(F)F)cc1F)C1CCN(Cc2ccccc2)CC1. The van der Waals surface area contributed by atoms with E-state index in [0.717, 1.165) is 81.1 Å². The predicted molar refractivity (Wildman–Crippen MR) is 225 cm³/mol. The van der Waals surface area contributed by atoms with Crippen LogP contribution >= 0.6 is 0 Å². The molecule has 0 radical (unpaired) electrons. The molecule has 61 heavy (non-hydrogen) atoms. The average Bonchev–Trinajstić information content (AvgIpc) is 3.57. The van der Waals surface area contributed by atoms with Crippen LogP contribution < -0.4 is 11.3 Å². The van der Waals surface area contributed by atoms with Crippen LogP contribution in [0.3, 0.4) is 0 Å². The first-order valence-corrected chi connectivity index (χ1v) is 20.5. The van der Waals surface area contributed by atoms with E-state index >= 15 is 0 Å². The largest absolute Gasteiger partial charge is 0.416 e. The summed E-state index contributed by atoms with van der Waals surface area (Å²) in [7, 11) is 3.37. The molecule has 2 fully saturated rings. The van der Waals surface area contributed by atoms with Crippen LogP contribution in [-0.4, -0.2) is 70.3 Å². The van der Waals surface area contributed by atoms with Crippen molar-refractivity contribution in [2.45, 2.75) is 76.8 Å². The third-order valence-corrected chi connectivity index (χ3v) is 10.7. The molecule has 0 amide bonds. The van der Waals surface area contributed by atoms with Gasteiger partial charge in [-0.1, -0.05) is 80.1 Å². The number of nitrogens with one attached hydrogen (secondary N) is 1. The standard InChI is InChI=1S/C21H22F3N3.C20H19F4NO.C4H10O.CH6N2/c1-26-19-13-17(21(22,23)24)7-8-18(19)20(25-26)16-9-11-27(12-10-16)14-15-5-3-2-4-6-15;21-18-12-16(20(22,23)24)6-7-17(18)19(26)15-8-10-25(11-9-15)13-14-4-2-1-3-5-14;1-2-3-4-5;1-3-2/h2-8,13,16H,9-12,14H2,1H3;1-7,12,15H,8-11,13H2;5H,2-4H2,1H3;3H,2H2,1H3. The summed E-state index contributed by atoms with van der Waals surface area (Å²) in [6.45, 7) is 7.46. The van der Waals surface area contributed by atoms with Crippen LogP contribution in [0.2, 0.25) is 0 Å². The fourth-order valence-corrected chi connectivity index (χ4v) is 7.43. The molecule has 0 aliphatic carbocycles. The molecule has 0 saturated carbocycles. The number of piperidine rings is 2. The van der Waals surface area contributed by atoms with Crippen LogP contribution in [0, 0.1) is 11.7 Å². The summed E-state index contributed by atoms with van der Waals surface area (Å²) in [6, 6.07) is 26.4. The molecule has 4 aromatic carbocycles. The fraction of sp³-hybridized carbons (Fsp3) is 0.435. The van der Waals surface area contributed by atoms with E-state index in [1.165, 1.54) is 17.2 Å². The summed E-state index contributed by atoms with van der Waals surface area (Å²) in [5.74, 6) is 3.03. The zero-order valence-electron chi connectivity index (χ0n) is 35.0. The molecule has 2 aliphatic rings. The van der Waals surface area contributed by atoms with E-state index in [2.05, 4.69) is 57.4 Å². The second-order valence-electron chi connectivity index (χ2n) is 15.2. The van der Waals surface area contributed by atoms with Crippen LogP contribution in [0.1, 0.15) is 89.7 Å². The number of aliphatic hydroxyl groups is 1. The van der Waals surface area contributed by atoms with Gasteiger partial charge in [-0.05, 0) is 107 Å². The Balaban J connectivity index is 0.000000229. The second-order valence-corrected chi connectivity index (χ2v) is 15.2. The molecular formula is C46H57F7N6O2. The van der Waals surface area contributed by atoms with Crippen molar-refractivity contribution in [2.75, 3.05) is 39.8 Å². The van der Waals surface area contributed by atoms with E-state index in [-0.39, 0.29) is 17.4 Å². The number of aliphatic hydroxyl groups excluding tert-OH is 1. The molecular weight excluding hydrogens is 802 g/mol. The van der Waals surface area contributed by atoms with Gasteiger partial charge in [-0.2, -0.15) is 31.4 Å². The monoisotopic (exact) mass is 858 g/mol. The minimum absolute atomic E-state index is 0.250. The summed E-state index contributed by atoms with van der Waals surface area (Å²) in [6.07, 6.45) is -3.82. The second kappa shape index (κ2) is 23.5. The third-order valence-electron chi connectivity index (χ3n) is 10.7. The molecule has 0 atom stereocenters. The first-order valence-electron chi connectivity index (χ1n) is 20.5. The molecule has 0 spiro atoms. The molecule has 0 bridgehead atoms. The first-order chi connectivity index (χ1) is 29.1. The van der Waals surface area contributed by atoms with Crippen LogP contribution in [0.4, 0.5) is 30.7 Å². The van der Waals surface area contributed by atoms with E-state index in [1.54, 1.807) is 24.8 Å². The first kappa shape index (κ1) is 49.0. The fourth-order valence-electron chi connectivity index (χ4n) is 7.43. The number of ketones is 1. The van der Waals surface area contributed by atoms with E-state index < -0.39 is 35.1 Å². The lowest BCUT2D eigenvalue weighted by molar-refractivity contribution is -0.138. The Morgan fingerprint density at radius 2 is 1.25 bits per heavy atom. The van der Waals surface area contributed by atoms with Gasteiger partial charge in [0, 0.05) is 44.0 Å². The van der Waals surface area contributed by atoms with Gasteiger partial charge >= 0.3 is 12.4 Å². The highest BCUT2D eigenvalue weighted by molar-refractivity contribution is 5.98. The van der Waals surface area contributed by atoms with Gasteiger partial charge in [0.05, 0.1) is 27.9 Å². The number of aromatic nitrogens is 2. The number of Topliss-reactive ketones (excluding diaryl/α,β-unsaturated/α-hetero) is 1. The van der Waals surface area contributed by atoms with E-state index in [9.17, 15) is 35.5 Å². The maximum atomic E-state index is 14.0. The number of hydrazine groups is 1. The molecule has 2 aliphatic heterocycles. The molecule has 5 aromatic rings. The Morgan fingerprint density at radius 1 is 0.770 bits per heavy atom. The van der Waals surface area contributed by atoms with Crippen LogP contribution in [0.5, 0.6) is 0 Å². The number of hydrogen-bond donors (Lipinski definition) is 3. The molecule has 8 nitrogen and oxygen atoms in total. The van der Waals surface area contributed by atoms with Crippen LogP contribution in [0.25, 0.3) is 10.9 Å². The number of unbranched alkanes of at least 4 members (excludes halogenated alkanes) is 1. The molecule has 0 unspecified atom stereocenters. The Bertz CT molecular complexity index is 2060. The van der Waals surface area contributed by atoms with E-state index in [0.29, 0.717) is 44.1 Å². The van der Waals surface area contributed by atoms with Gasteiger partial charge in [0.2, 0.25) is 0 Å². The van der Waals surface area contributed by atoms with Gasteiger partial charge in [-0.15, -0.1) is 0 Å². The van der Waals surface area contributed by atoms with E-state index in [1.807, 2.05) is 36.4 Å². The minimum Gasteiger partial charge on any atom is -0.396 e. The topological polar surface area (TPSA) is 99.6 Å². The van der Waals surface area contributed by atoms with Crippen molar-refractivity contribution < 1.29 is 40.6 Å². The number of benzene rings is 4. The lowest BCUT2D eigenvalue weighted by Crippen LogP contribution is -2.36. The van der Waals surface area contributed by atoms with Gasteiger partial charge < -0.3 is 5.11 Å². The highest BCUT2D eigenvalue weighted by Crippen LogP contribution is 2.37. The Labute approximate surface area is 353 Å². The van der Waals surface area contributed by atoms with Gasteiger partial charge in [0.15, 0.2) is 5.78 Å². The Kier molecular flexibility index (Phi) is 18.9. The van der Waals surface area contributed by atoms with Crippen molar-refractivity contribution in [1.82, 2.24) is 25.0 Å². The number of fused-ring (bicyclic) bond motifs is 1. The number of alkyl halides is 6.